The zero-order chi connectivity index (χ0) is 17.6. The third-order valence-corrected chi connectivity index (χ3v) is 4.45. The van der Waals surface area contributed by atoms with Gasteiger partial charge in [-0.25, -0.2) is 0 Å². The highest BCUT2D eigenvalue weighted by atomic mass is 16.5. The fraction of sp³-hybridized carbons (Fsp3) is 0.579. The standard InChI is InChI=1S/C19H29NO4/c1-6-20-18-15(13-24-19(18,2)3)14-8-9-16(22-5)17(12-14)23-11-7-10-21-4/h6,8-9,12,15,18,20H,1,7,10-11,13H2,2-5H3. The summed E-state index contributed by atoms with van der Waals surface area (Å²) in [6, 6.07) is 6.24. The molecule has 1 aromatic rings. The predicted octanol–water partition coefficient (Wildman–Crippen LogP) is 3.10. The Kier molecular flexibility index (Phi) is 6.52. The highest BCUT2D eigenvalue weighted by molar-refractivity contribution is 5.45. The summed E-state index contributed by atoms with van der Waals surface area (Å²) in [6.07, 6.45) is 2.57. The van der Waals surface area contributed by atoms with Crippen molar-refractivity contribution in [2.24, 2.45) is 0 Å². The average Bonchev–Trinajstić information content (AvgIpc) is 2.87. The van der Waals surface area contributed by atoms with Gasteiger partial charge < -0.3 is 24.3 Å². The van der Waals surface area contributed by atoms with Gasteiger partial charge in [0.15, 0.2) is 11.5 Å². The highest BCUT2D eigenvalue weighted by Crippen LogP contribution is 2.39. The average molecular weight is 335 g/mol. The summed E-state index contributed by atoms with van der Waals surface area (Å²) in [6.45, 7) is 9.92. The minimum atomic E-state index is -0.252. The lowest BCUT2D eigenvalue weighted by atomic mass is 9.86. The Bertz CT molecular complexity index is 544. The quantitative estimate of drug-likeness (QED) is 0.703. The van der Waals surface area contributed by atoms with Gasteiger partial charge >= 0.3 is 0 Å². The summed E-state index contributed by atoms with van der Waals surface area (Å²) >= 11 is 0. The molecule has 134 valence electrons. The van der Waals surface area contributed by atoms with Crippen LogP contribution in [0.3, 0.4) is 0 Å². The second-order valence-corrected chi connectivity index (χ2v) is 6.47. The minimum Gasteiger partial charge on any atom is -0.493 e. The lowest BCUT2D eigenvalue weighted by Crippen LogP contribution is -2.43. The van der Waals surface area contributed by atoms with Crippen molar-refractivity contribution in [3.63, 3.8) is 0 Å². The van der Waals surface area contributed by atoms with Gasteiger partial charge in [0, 0.05) is 26.1 Å². The van der Waals surface area contributed by atoms with Gasteiger partial charge in [-0.15, -0.1) is 0 Å². The molecular weight excluding hydrogens is 306 g/mol. The van der Waals surface area contributed by atoms with Crippen LogP contribution in [0.2, 0.25) is 0 Å². The van der Waals surface area contributed by atoms with Gasteiger partial charge in [0.2, 0.25) is 0 Å². The molecule has 1 aliphatic rings. The maximum Gasteiger partial charge on any atom is 0.161 e. The molecule has 0 saturated carbocycles. The molecule has 5 heteroatoms. The highest BCUT2D eigenvalue weighted by Gasteiger charge is 2.43. The van der Waals surface area contributed by atoms with Crippen LogP contribution < -0.4 is 14.8 Å². The lowest BCUT2D eigenvalue weighted by molar-refractivity contribution is 0.0239. The number of hydrogen-bond acceptors (Lipinski definition) is 5. The molecule has 5 nitrogen and oxygen atoms in total. The van der Waals surface area contributed by atoms with E-state index in [9.17, 15) is 0 Å². The first-order valence-corrected chi connectivity index (χ1v) is 8.34. The van der Waals surface area contributed by atoms with Gasteiger partial charge in [-0.2, -0.15) is 0 Å². The van der Waals surface area contributed by atoms with Gasteiger partial charge in [-0.3, -0.25) is 0 Å². The zero-order valence-corrected chi connectivity index (χ0v) is 15.1. The van der Waals surface area contributed by atoms with E-state index in [2.05, 4.69) is 37.9 Å². The fourth-order valence-corrected chi connectivity index (χ4v) is 3.13. The maximum atomic E-state index is 5.98. The van der Waals surface area contributed by atoms with Crippen molar-refractivity contribution in [2.45, 2.75) is 37.8 Å². The number of rotatable bonds is 9. The van der Waals surface area contributed by atoms with Crippen LogP contribution >= 0.6 is 0 Å². The zero-order valence-electron chi connectivity index (χ0n) is 15.1. The molecule has 0 spiro atoms. The molecule has 1 saturated heterocycles. The smallest absolute Gasteiger partial charge is 0.161 e. The Morgan fingerprint density at radius 2 is 2.08 bits per heavy atom. The van der Waals surface area contributed by atoms with Crippen molar-refractivity contribution < 1.29 is 18.9 Å². The number of benzene rings is 1. The van der Waals surface area contributed by atoms with E-state index in [-0.39, 0.29) is 17.6 Å². The van der Waals surface area contributed by atoms with Crippen molar-refractivity contribution in [3.05, 3.63) is 36.5 Å². The molecule has 1 aromatic carbocycles. The van der Waals surface area contributed by atoms with E-state index in [0.29, 0.717) is 19.8 Å². The second kappa shape index (κ2) is 8.40. The molecule has 1 N–H and O–H groups in total. The van der Waals surface area contributed by atoms with Gasteiger partial charge in [-0.1, -0.05) is 12.6 Å². The molecule has 0 bridgehead atoms. The van der Waals surface area contributed by atoms with Crippen molar-refractivity contribution in [3.8, 4) is 11.5 Å². The summed E-state index contributed by atoms with van der Waals surface area (Å²) in [5.74, 6) is 1.72. The molecule has 1 fully saturated rings. The fourth-order valence-electron chi connectivity index (χ4n) is 3.13. The number of nitrogens with one attached hydrogen (secondary N) is 1. The van der Waals surface area contributed by atoms with E-state index in [1.807, 2.05) is 6.07 Å². The molecule has 1 aliphatic heterocycles. The first-order chi connectivity index (χ1) is 11.5. The van der Waals surface area contributed by atoms with E-state index in [1.54, 1.807) is 20.4 Å². The molecule has 2 rings (SSSR count). The molecule has 2 unspecified atom stereocenters. The summed E-state index contributed by atoms with van der Waals surface area (Å²) in [4.78, 5) is 0. The van der Waals surface area contributed by atoms with Gasteiger partial charge in [0.05, 0.1) is 32.0 Å². The predicted molar refractivity (Wildman–Crippen MR) is 94.9 cm³/mol. The molecule has 0 aromatic heterocycles. The van der Waals surface area contributed by atoms with Crippen molar-refractivity contribution >= 4 is 0 Å². The topological polar surface area (TPSA) is 49.0 Å². The number of ether oxygens (including phenoxy) is 4. The Balaban J connectivity index is 2.19. The van der Waals surface area contributed by atoms with Crippen LogP contribution in [-0.4, -0.2) is 45.7 Å². The molecule has 24 heavy (non-hydrogen) atoms. The molecular formula is C19H29NO4. The van der Waals surface area contributed by atoms with Crippen molar-refractivity contribution in [1.82, 2.24) is 5.32 Å². The first kappa shape index (κ1) is 18.6. The SMILES string of the molecule is C=CNC1C(c2ccc(OC)c(OCCCOC)c2)COC1(C)C. The van der Waals surface area contributed by atoms with E-state index in [4.69, 9.17) is 18.9 Å². The Labute approximate surface area is 144 Å². The van der Waals surface area contributed by atoms with Crippen molar-refractivity contribution in [1.29, 1.82) is 0 Å². The second-order valence-electron chi connectivity index (χ2n) is 6.47. The van der Waals surface area contributed by atoms with Crippen molar-refractivity contribution in [2.75, 3.05) is 34.0 Å². The largest absolute Gasteiger partial charge is 0.493 e. The van der Waals surface area contributed by atoms with Gasteiger partial charge in [0.1, 0.15) is 0 Å². The Hall–Kier alpha value is -1.72. The summed E-state index contributed by atoms with van der Waals surface area (Å²) in [7, 11) is 3.34. The van der Waals surface area contributed by atoms with Crippen LogP contribution in [0.4, 0.5) is 0 Å². The molecule has 0 radical (unpaired) electrons. The summed E-state index contributed by atoms with van der Waals surface area (Å²) < 4.78 is 22.4. The van der Waals surface area contributed by atoms with E-state index in [0.717, 1.165) is 17.9 Å². The maximum absolute atomic E-state index is 5.98. The minimum absolute atomic E-state index is 0.157. The van der Waals surface area contributed by atoms with Gasteiger partial charge in [0.25, 0.3) is 0 Å². The molecule has 2 atom stereocenters. The normalized spacial score (nSPS) is 22.2. The number of hydrogen-bond donors (Lipinski definition) is 1. The summed E-state index contributed by atoms with van der Waals surface area (Å²) in [5.41, 5.74) is 0.917. The van der Waals surface area contributed by atoms with Crippen LogP contribution in [0.15, 0.2) is 31.0 Å². The van der Waals surface area contributed by atoms with Crippen LogP contribution in [0.25, 0.3) is 0 Å². The first-order valence-electron chi connectivity index (χ1n) is 8.34. The van der Waals surface area contributed by atoms with Crippen LogP contribution in [0.1, 0.15) is 31.7 Å². The van der Waals surface area contributed by atoms with E-state index < -0.39 is 0 Å². The van der Waals surface area contributed by atoms with Crippen LogP contribution in [0.5, 0.6) is 11.5 Å². The Morgan fingerprint density at radius 1 is 1.29 bits per heavy atom. The lowest BCUT2D eigenvalue weighted by Gasteiger charge is -2.29. The Morgan fingerprint density at radius 3 is 2.75 bits per heavy atom. The van der Waals surface area contributed by atoms with E-state index >= 15 is 0 Å². The van der Waals surface area contributed by atoms with E-state index in [1.165, 1.54) is 5.56 Å². The summed E-state index contributed by atoms with van der Waals surface area (Å²) in [5, 5.41) is 3.34. The molecule has 0 amide bonds. The number of methoxy groups -OCH3 is 2. The van der Waals surface area contributed by atoms with Crippen LogP contribution in [-0.2, 0) is 9.47 Å². The molecule has 1 heterocycles. The van der Waals surface area contributed by atoms with Crippen LogP contribution in [0, 0.1) is 0 Å². The third kappa shape index (κ3) is 4.22. The monoisotopic (exact) mass is 335 g/mol. The third-order valence-electron chi connectivity index (χ3n) is 4.45. The van der Waals surface area contributed by atoms with Gasteiger partial charge in [-0.05, 0) is 37.7 Å². The molecule has 0 aliphatic carbocycles.